The first kappa shape index (κ1) is 11.1. The molecular formula is C11H14ClNO. The lowest BCUT2D eigenvalue weighted by Gasteiger charge is -2.08. The van der Waals surface area contributed by atoms with Gasteiger partial charge < -0.3 is 5.73 Å². The molecule has 14 heavy (non-hydrogen) atoms. The monoisotopic (exact) mass is 211 g/mol. The van der Waals surface area contributed by atoms with E-state index in [1.54, 1.807) is 0 Å². The smallest absolute Gasteiger partial charge is 0.217 e. The van der Waals surface area contributed by atoms with E-state index in [2.05, 4.69) is 0 Å². The predicted molar refractivity (Wildman–Crippen MR) is 58.1 cm³/mol. The van der Waals surface area contributed by atoms with Crippen LogP contribution in [0.3, 0.4) is 0 Å². The highest BCUT2D eigenvalue weighted by molar-refractivity contribution is 6.20. The number of hydrogen-bond donors (Lipinski definition) is 1. The van der Waals surface area contributed by atoms with Gasteiger partial charge in [-0.2, -0.15) is 0 Å². The Hall–Kier alpha value is -1.02. The molecule has 3 heteroatoms. The van der Waals surface area contributed by atoms with Crippen LogP contribution in [0.1, 0.15) is 30.2 Å². The molecule has 1 amide bonds. The van der Waals surface area contributed by atoms with E-state index in [1.807, 2.05) is 30.3 Å². The minimum absolute atomic E-state index is 0.0180. The first-order valence-corrected chi connectivity index (χ1v) is 5.11. The van der Waals surface area contributed by atoms with Crippen LogP contribution in [-0.2, 0) is 4.79 Å². The Labute approximate surface area is 89.1 Å². The topological polar surface area (TPSA) is 43.1 Å². The molecule has 0 bridgehead atoms. The fourth-order valence-electron chi connectivity index (χ4n) is 1.28. The normalized spacial score (nSPS) is 12.4. The number of halogens is 1. The van der Waals surface area contributed by atoms with Crippen molar-refractivity contribution in [2.45, 2.75) is 24.6 Å². The lowest BCUT2D eigenvalue weighted by atomic mass is 10.1. The number of nitrogens with two attached hydrogens (primary N) is 1. The molecule has 2 nitrogen and oxygen atoms in total. The van der Waals surface area contributed by atoms with Crippen molar-refractivity contribution in [2.75, 3.05) is 0 Å². The van der Waals surface area contributed by atoms with Crippen LogP contribution in [0.15, 0.2) is 30.3 Å². The van der Waals surface area contributed by atoms with Crippen LogP contribution >= 0.6 is 11.6 Å². The number of hydrogen-bond acceptors (Lipinski definition) is 1. The van der Waals surface area contributed by atoms with Crippen LogP contribution < -0.4 is 5.73 Å². The van der Waals surface area contributed by atoms with E-state index in [0.29, 0.717) is 6.42 Å². The van der Waals surface area contributed by atoms with Gasteiger partial charge in [-0.15, -0.1) is 11.6 Å². The largest absolute Gasteiger partial charge is 0.370 e. The standard InChI is InChI=1S/C11H14ClNO/c12-10(7-4-8-11(13)14)9-5-2-1-3-6-9/h1-3,5-6,10H,4,7-8H2,(H2,13,14). The van der Waals surface area contributed by atoms with Crippen LogP contribution in [0.2, 0.25) is 0 Å². The highest BCUT2D eigenvalue weighted by atomic mass is 35.5. The van der Waals surface area contributed by atoms with Gasteiger partial charge in [0.2, 0.25) is 5.91 Å². The number of carbonyl (C=O) groups excluding carboxylic acids is 1. The van der Waals surface area contributed by atoms with Gasteiger partial charge in [-0.1, -0.05) is 30.3 Å². The van der Waals surface area contributed by atoms with Crippen molar-refractivity contribution in [3.63, 3.8) is 0 Å². The van der Waals surface area contributed by atoms with Gasteiger partial charge in [-0.3, -0.25) is 4.79 Å². The van der Waals surface area contributed by atoms with Crippen LogP contribution in [0.5, 0.6) is 0 Å². The quantitative estimate of drug-likeness (QED) is 0.748. The second kappa shape index (κ2) is 5.66. The van der Waals surface area contributed by atoms with Crippen LogP contribution in [-0.4, -0.2) is 5.91 Å². The molecular weight excluding hydrogens is 198 g/mol. The first-order valence-electron chi connectivity index (χ1n) is 4.67. The average Bonchev–Trinajstić information content (AvgIpc) is 2.18. The van der Waals surface area contributed by atoms with Crippen molar-refractivity contribution in [2.24, 2.45) is 5.73 Å². The molecule has 0 aliphatic carbocycles. The van der Waals surface area contributed by atoms with E-state index in [9.17, 15) is 4.79 Å². The summed E-state index contributed by atoms with van der Waals surface area (Å²) >= 11 is 6.14. The Morgan fingerprint density at radius 3 is 2.57 bits per heavy atom. The Bertz CT molecular complexity index is 287. The van der Waals surface area contributed by atoms with Gasteiger partial charge in [0.1, 0.15) is 0 Å². The summed E-state index contributed by atoms with van der Waals surface area (Å²) in [6.07, 6.45) is 1.95. The average molecular weight is 212 g/mol. The number of amides is 1. The summed E-state index contributed by atoms with van der Waals surface area (Å²) in [7, 11) is 0. The van der Waals surface area contributed by atoms with Gasteiger partial charge in [0.15, 0.2) is 0 Å². The molecule has 0 fully saturated rings. The van der Waals surface area contributed by atoms with E-state index < -0.39 is 0 Å². The molecule has 0 saturated carbocycles. The minimum atomic E-state index is -0.262. The first-order chi connectivity index (χ1) is 6.70. The third kappa shape index (κ3) is 3.79. The summed E-state index contributed by atoms with van der Waals surface area (Å²) in [6.45, 7) is 0. The zero-order chi connectivity index (χ0) is 10.4. The highest BCUT2D eigenvalue weighted by Crippen LogP contribution is 2.25. The fourth-order valence-corrected chi connectivity index (χ4v) is 1.58. The summed E-state index contributed by atoms with van der Waals surface area (Å²) in [5, 5.41) is -0.0180. The fraction of sp³-hybridized carbons (Fsp3) is 0.364. The molecule has 1 atom stereocenters. The lowest BCUT2D eigenvalue weighted by molar-refractivity contribution is -0.118. The maximum Gasteiger partial charge on any atom is 0.217 e. The molecule has 1 aromatic rings. The predicted octanol–water partition coefficient (Wildman–Crippen LogP) is 2.62. The van der Waals surface area contributed by atoms with Crippen molar-refractivity contribution < 1.29 is 4.79 Å². The summed E-state index contributed by atoms with van der Waals surface area (Å²) in [5.74, 6) is -0.262. The van der Waals surface area contributed by atoms with Gasteiger partial charge >= 0.3 is 0 Å². The molecule has 0 aliphatic heterocycles. The van der Waals surface area contributed by atoms with Crippen LogP contribution in [0, 0.1) is 0 Å². The van der Waals surface area contributed by atoms with E-state index >= 15 is 0 Å². The van der Waals surface area contributed by atoms with Crippen molar-refractivity contribution in [1.82, 2.24) is 0 Å². The second-order valence-electron chi connectivity index (χ2n) is 3.24. The van der Waals surface area contributed by atoms with Gasteiger partial charge in [0, 0.05) is 6.42 Å². The number of alkyl halides is 1. The third-order valence-electron chi connectivity index (χ3n) is 2.04. The highest BCUT2D eigenvalue weighted by Gasteiger charge is 2.07. The maximum absolute atomic E-state index is 10.5. The SMILES string of the molecule is NC(=O)CCCC(Cl)c1ccccc1. The van der Waals surface area contributed by atoms with Gasteiger partial charge in [-0.05, 0) is 18.4 Å². The molecule has 0 aromatic heterocycles. The Morgan fingerprint density at radius 2 is 2.00 bits per heavy atom. The minimum Gasteiger partial charge on any atom is -0.370 e. The van der Waals surface area contributed by atoms with E-state index in [1.165, 1.54) is 0 Å². The summed E-state index contributed by atoms with van der Waals surface area (Å²) in [4.78, 5) is 10.5. The number of rotatable bonds is 5. The Kier molecular flexibility index (Phi) is 4.47. The maximum atomic E-state index is 10.5. The van der Waals surface area contributed by atoms with Crippen molar-refractivity contribution in [3.05, 3.63) is 35.9 Å². The molecule has 0 heterocycles. The number of benzene rings is 1. The molecule has 0 spiro atoms. The van der Waals surface area contributed by atoms with E-state index in [4.69, 9.17) is 17.3 Å². The van der Waals surface area contributed by atoms with Crippen LogP contribution in [0.25, 0.3) is 0 Å². The van der Waals surface area contributed by atoms with E-state index in [-0.39, 0.29) is 11.3 Å². The zero-order valence-electron chi connectivity index (χ0n) is 7.95. The van der Waals surface area contributed by atoms with Crippen LogP contribution in [0.4, 0.5) is 0 Å². The molecule has 76 valence electrons. The van der Waals surface area contributed by atoms with Gasteiger partial charge in [0.25, 0.3) is 0 Å². The third-order valence-corrected chi connectivity index (χ3v) is 2.51. The van der Waals surface area contributed by atoms with Crippen molar-refractivity contribution >= 4 is 17.5 Å². The molecule has 1 unspecified atom stereocenters. The number of carbonyl (C=O) groups is 1. The second-order valence-corrected chi connectivity index (χ2v) is 3.76. The molecule has 1 aromatic carbocycles. The van der Waals surface area contributed by atoms with Gasteiger partial charge in [0.05, 0.1) is 5.38 Å². The molecule has 2 N–H and O–H groups in total. The Morgan fingerprint density at radius 1 is 1.36 bits per heavy atom. The van der Waals surface area contributed by atoms with E-state index in [0.717, 1.165) is 18.4 Å². The van der Waals surface area contributed by atoms with Crippen molar-refractivity contribution in [3.8, 4) is 0 Å². The zero-order valence-corrected chi connectivity index (χ0v) is 8.70. The summed E-state index contributed by atoms with van der Waals surface area (Å²) < 4.78 is 0. The van der Waals surface area contributed by atoms with Crippen molar-refractivity contribution in [1.29, 1.82) is 0 Å². The Balaban J connectivity index is 2.36. The lowest BCUT2D eigenvalue weighted by Crippen LogP contribution is -2.09. The molecule has 0 radical (unpaired) electrons. The molecule has 0 saturated heterocycles. The summed E-state index contributed by atoms with van der Waals surface area (Å²) in [6, 6.07) is 9.85. The number of primary amides is 1. The molecule has 0 aliphatic rings. The molecule has 1 rings (SSSR count). The van der Waals surface area contributed by atoms with Gasteiger partial charge in [-0.25, -0.2) is 0 Å². The summed E-state index contributed by atoms with van der Waals surface area (Å²) in [5.41, 5.74) is 6.13.